The fourth-order valence-corrected chi connectivity index (χ4v) is 4.50. The van der Waals surface area contributed by atoms with Crippen molar-refractivity contribution in [3.8, 4) is 0 Å². The minimum absolute atomic E-state index is 0.126. The third-order valence-corrected chi connectivity index (χ3v) is 5.94. The van der Waals surface area contributed by atoms with E-state index in [1.807, 2.05) is 24.5 Å². The van der Waals surface area contributed by atoms with Crippen molar-refractivity contribution >= 4 is 23.6 Å². The van der Waals surface area contributed by atoms with Crippen molar-refractivity contribution in [2.24, 2.45) is 5.92 Å². The molecule has 3 rings (SSSR count). The van der Waals surface area contributed by atoms with Gasteiger partial charge in [-0.05, 0) is 36.3 Å². The minimum Gasteiger partial charge on any atom is -0.480 e. The summed E-state index contributed by atoms with van der Waals surface area (Å²) in [5.74, 6) is -0.567. The highest BCUT2D eigenvalue weighted by Gasteiger charge is 2.38. The lowest BCUT2D eigenvalue weighted by atomic mass is 9.84. The molecule has 2 aliphatic rings. The van der Waals surface area contributed by atoms with E-state index in [1.54, 1.807) is 16.7 Å². The average molecular weight is 333 g/mol. The van der Waals surface area contributed by atoms with Crippen molar-refractivity contribution < 1.29 is 14.7 Å². The molecule has 1 aliphatic heterocycles. The van der Waals surface area contributed by atoms with Gasteiger partial charge in [0, 0.05) is 17.0 Å². The Kier molecular flexibility index (Phi) is 4.95. The summed E-state index contributed by atoms with van der Waals surface area (Å²) < 4.78 is 0. The van der Waals surface area contributed by atoms with Gasteiger partial charge in [0.2, 0.25) is 0 Å². The van der Waals surface area contributed by atoms with Crippen LogP contribution in [0.5, 0.6) is 0 Å². The molecule has 1 heterocycles. The smallest absolute Gasteiger partial charge is 0.326 e. The van der Waals surface area contributed by atoms with Crippen LogP contribution in [0, 0.1) is 5.92 Å². The van der Waals surface area contributed by atoms with E-state index < -0.39 is 12.0 Å². The lowest BCUT2D eigenvalue weighted by Gasteiger charge is -2.29. The highest BCUT2D eigenvalue weighted by molar-refractivity contribution is 7.98. The second kappa shape index (κ2) is 6.95. The van der Waals surface area contributed by atoms with E-state index in [2.05, 4.69) is 0 Å². The first-order valence-electron chi connectivity index (χ1n) is 8.31. The molecule has 5 heteroatoms. The van der Waals surface area contributed by atoms with Crippen LogP contribution in [0.2, 0.25) is 0 Å². The fourth-order valence-electron chi connectivity index (χ4n) is 3.87. The molecule has 1 saturated carbocycles. The van der Waals surface area contributed by atoms with Crippen LogP contribution in [0.25, 0.3) is 0 Å². The summed E-state index contributed by atoms with van der Waals surface area (Å²) in [6, 6.07) is 4.99. The SMILES string of the molecule is CSc1cccc2c1CN([C@@H](CC1CCCCC1)C(=O)O)C2=O. The van der Waals surface area contributed by atoms with Gasteiger partial charge >= 0.3 is 5.97 Å². The highest BCUT2D eigenvalue weighted by atomic mass is 32.2. The molecular weight excluding hydrogens is 310 g/mol. The largest absolute Gasteiger partial charge is 0.480 e. The van der Waals surface area contributed by atoms with Crippen molar-refractivity contribution in [3.63, 3.8) is 0 Å². The first-order chi connectivity index (χ1) is 11.1. The van der Waals surface area contributed by atoms with Gasteiger partial charge in [-0.15, -0.1) is 11.8 Å². The molecule has 124 valence electrons. The zero-order valence-corrected chi connectivity index (χ0v) is 14.3. The van der Waals surface area contributed by atoms with E-state index in [-0.39, 0.29) is 5.91 Å². The number of hydrogen-bond acceptors (Lipinski definition) is 3. The van der Waals surface area contributed by atoms with Gasteiger partial charge in [0.15, 0.2) is 0 Å². The number of nitrogens with zero attached hydrogens (tertiary/aromatic N) is 1. The molecule has 0 unspecified atom stereocenters. The second-order valence-electron chi connectivity index (χ2n) is 6.51. The number of carboxylic acid groups (broad SMARTS) is 1. The monoisotopic (exact) mass is 333 g/mol. The standard InChI is InChI=1S/C18H23NO3S/c1-23-16-9-5-8-13-14(16)11-19(17(13)20)15(18(21)22)10-12-6-3-2-4-7-12/h5,8-9,12,15H,2-4,6-7,10-11H2,1H3,(H,21,22)/t15-/m0/s1. The van der Waals surface area contributed by atoms with E-state index in [4.69, 9.17) is 0 Å². The second-order valence-corrected chi connectivity index (χ2v) is 7.36. The number of hydrogen-bond donors (Lipinski definition) is 1. The fraction of sp³-hybridized carbons (Fsp3) is 0.556. The summed E-state index contributed by atoms with van der Waals surface area (Å²) in [7, 11) is 0. The molecule has 1 amide bonds. The summed E-state index contributed by atoms with van der Waals surface area (Å²) in [6.07, 6.45) is 8.37. The summed E-state index contributed by atoms with van der Waals surface area (Å²) in [5, 5.41) is 9.69. The Bertz CT molecular complexity index is 610. The molecule has 0 bridgehead atoms. The summed E-state index contributed by atoms with van der Waals surface area (Å²) >= 11 is 1.61. The van der Waals surface area contributed by atoms with E-state index in [9.17, 15) is 14.7 Å². The van der Waals surface area contributed by atoms with Gasteiger partial charge in [-0.3, -0.25) is 4.79 Å². The number of benzene rings is 1. The number of aliphatic carboxylic acids is 1. The quantitative estimate of drug-likeness (QED) is 0.833. The van der Waals surface area contributed by atoms with Crippen LogP contribution in [0.3, 0.4) is 0 Å². The van der Waals surface area contributed by atoms with E-state index in [0.29, 0.717) is 24.4 Å². The molecule has 1 atom stereocenters. The Morgan fingerprint density at radius 3 is 2.74 bits per heavy atom. The molecule has 1 aliphatic carbocycles. The topological polar surface area (TPSA) is 57.6 Å². The van der Waals surface area contributed by atoms with Gasteiger partial charge in [-0.1, -0.05) is 38.2 Å². The maximum absolute atomic E-state index is 12.7. The van der Waals surface area contributed by atoms with Gasteiger partial charge in [0.25, 0.3) is 5.91 Å². The molecule has 1 aromatic carbocycles. The number of fused-ring (bicyclic) bond motifs is 1. The van der Waals surface area contributed by atoms with Gasteiger partial charge < -0.3 is 10.0 Å². The van der Waals surface area contributed by atoms with Gasteiger partial charge in [-0.25, -0.2) is 4.79 Å². The number of carbonyl (C=O) groups excluding carboxylic acids is 1. The van der Waals surface area contributed by atoms with Crippen LogP contribution < -0.4 is 0 Å². The molecule has 23 heavy (non-hydrogen) atoms. The van der Waals surface area contributed by atoms with Crippen molar-refractivity contribution in [3.05, 3.63) is 29.3 Å². The van der Waals surface area contributed by atoms with Crippen LogP contribution in [-0.4, -0.2) is 34.2 Å². The molecule has 1 N–H and O–H groups in total. The van der Waals surface area contributed by atoms with Crippen molar-refractivity contribution in [2.45, 2.75) is 56.0 Å². The Morgan fingerprint density at radius 2 is 2.09 bits per heavy atom. The molecule has 1 aromatic rings. The number of carboxylic acids is 1. The number of thioether (sulfide) groups is 1. The zero-order valence-electron chi connectivity index (χ0n) is 13.5. The van der Waals surface area contributed by atoms with Crippen LogP contribution in [-0.2, 0) is 11.3 Å². The number of amides is 1. The average Bonchev–Trinajstić information content (AvgIpc) is 2.90. The van der Waals surface area contributed by atoms with Crippen molar-refractivity contribution in [1.82, 2.24) is 4.90 Å². The first-order valence-corrected chi connectivity index (χ1v) is 9.54. The summed E-state index contributed by atoms with van der Waals surface area (Å²) in [5.41, 5.74) is 1.66. The van der Waals surface area contributed by atoms with Gasteiger partial charge in [-0.2, -0.15) is 0 Å². The third-order valence-electron chi connectivity index (χ3n) is 5.12. The number of carbonyl (C=O) groups is 2. The van der Waals surface area contributed by atoms with Crippen molar-refractivity contribution in [2.75, 3.05) is 6.26 Å². The molecule has 0 saturated heterocycles. The first kappa shape index (κ1) is 16.4. The normalized spacial score (nSPS) is 19.7. The van der Waals surface area contributed by atoms with E-state index in [1.165, 1.54) is 19.3 Å². The van der Waals surface area contributed by atoms with Gasteiger partial charge in [0.05, 0.1) is 0 Å². The van der Waals surface area contributed by atoms with E-state index >= 15 is 0 Å². The van der Waals surface area contributed by atoms with Crippen LogP contribution >= 0.6 is 11.8 Å². The molecular formula is C18H23NO3S. The molecule has 0 aromatic heterocycles. The van der Waals surface area contributed by atoms with Gasteiger partial charge in [0.1, 0.15) is 6.04 Å². The predicted octanol–water partition coefficient (Wildman–Crippen LogP) is 3.79. The molecule has 4 nitrogen and oxygen atoms in total. The summed E-state index contributed by atoms with van der Waals surface area (Å²) in [6.45, 7) is 0.425. The lowest BCUT2D eigenvalue weighted by Crippen LogP contribution is -2.42. The Morgan fingerprint density at radius 1 is 1.35 bits per heavy atom. The predicted molar refractivity (Wildman–Crippen MR) is 90.7 cm³/mol. The van der Waals surface area contributed by atoms with Crippen LogP contribution in [0.4, 0.5) is 0 Å². The van der Waals surface area contributed by atoms with Crippen LogP contribution in [0.1, 0.15) is 54.4 Å². The Balaban J connectivity index is 1.81. The van der Waals surface area contributed by atoms with E-state index in [0.717, 1.165) is 23.3 Å². The van der Waals surface area contributed by atoms with Crippen LogP contribution in [0.15, 0.2) is 23.1 Å². The minimum atomic E-state index is -0.873. The summed E-state index contributed by atoms with van der Waals surface area (Å²) in [4.78, 5) is 27.2. The molecule has 0 spiro atoms. The molecule has 1 fully saturated rings. The maximum atomic E-state index is 12.7. The lowest BCUT2D eigenvalue weighted by molar-refractivity contribution is -0.143. The zero-order chi connectivity index (χ0) is 16.4. The molecule has 0 radical (unpaired) electrons. The van der Waals surface area contributed by atoms with Crippen molar-refractivity contribution in [1.29, 1.82) is 0 Å². The third kappa shape index (κ3) is 3.25. The Labute approximate surface area is 141 Å². The number of rotatable bonds is 5. The maximum Gasteiger partial charge on any atom is 0.326 e. The highest BCUT2D eigenvalue weighted by Crippen LogP contribution is 2.35. The Hall–Kier alpha value is -1.49.